The van der Waals surface area contributed by atoms with Crippen LogP contribution in [0, 0.1) is 25.2 Å². The lowest BCUT2D eigenvalue weighted by molar-refractivity contribution is 0.210. The SMILES string of the molecule is Cc1cc(N2CCN(S(=O)(=O)N3CCN(C)CC3)CC2)c(C#N)c(C)n1. The second-order valence-corrected chi connectivity index (χ2v) is 8.88. The minimum absolute atomic E-state index is 0.431. The molecule has 0 spiro atoms. The van der Waals surface area contributed by atoms with Crippen LogP contribution in [-0.4, -0.2) is 86.3 Å². The highest BCUT2D eigenvalue weighted by Crippen LogP contribution is 2.25. The molecule has 0 amide bonds. The molecule has 0 bridgehead atoms. The molecular formula is C17H26N6O2S. The van der Waals surface area contributed by atoms with Crippen molar-refractivity contribution < 1.29 is 8.42 Å². The van der Waals surface area contributed by atoms with Crippen LogP contribution in [0.15, 0.2) is 6.07 Å². The van der Waals surface area contributed by atoms with Gasteiger partial charge in [-0.1, -0.05) is 0 Å². The number of nitriles is 1. The van der Waals surface area contributed by atoms with Crippen molar-refractivity contribution in [3.8, 4) is 6.07 Å². The molecule has 26 heavy (non-hydrogen) atoms. The van der Waals surface area contributed by atoms with Crippen LogP contribution in [0.3, 0.4) is 0 Å². The van der Waals surface area contributed by atoms with Gasteiger partial charge in [-0.2, -0.15) is 22.3 Å². The molecule has 0 aromatic carbocycles. The van der Waals surface area contributed by atoms with E-state index in [2.05, 4.69) is 20.9 Å². The normalized spacial score (nSPS) is 20.9. The Morgan fingerprint density at radius 2 is 1.54 bits per heavy atom. The molecule has 8 nitrogen and oxygen atoms in total. The highest BCUT2D eigenvalue weighted by molar-refractivity contribution is 7.86. The van der Waals surface area contributed by atoms with Gasteiger partial charge in [-0.3, -0.25) is 4.98 Å². The van der Waals surface area contributed by atoms with E-state index in [1.807, 2.05) is 27.0 Å². The molecule has 2 aliphatic heterocycles. The van der Waals surface area contributed by atoms with Gasteiger partial charge in [-0.05, 0) is 27.0 Å². The first-order chi connectivity index (χ1) is 12.3. The monoisotopic (exact) mass is 378 g/mol. The van der Waals surface area contributed by atoms with E-state index in [1.54, 1.807) is 8.61 Å². The van der Waals surface area contributed by atoms with E-state index in [1.165, 1.54) is 0 Å². The zero-order chi connectivity index (χ0) is 18.9. The lowest BCUT2D eigenvalue weighted by Crippen LogP contribution is -2.56. The molecule has 0 aliphatic carbocycles. The van der Waals surface area contributed by atoms with Gasteiger partial charge < -0.3 is 9.80 Å². The lowest BCUT2D eigenvalue weighted by atomic mass is 10.1. The summed E-state index contributed by atoms with van der Waals surface area (Å²) in [6.07, 6.45) is 0. The molecule has 0 saturated carbocycles. The molecule has 0 radical (unpaired) electrons. The fraction of sp³-hybridized carbons (Fsp3) is 0.647. The average Bonchev–Trinajstić information content (AvgIpc) is 2.61. The Morgan fingerprint density at radius 3 is 2.08 bits per heavy atom. The van der Waals surface area contributed by atoms with Crippen LogP contribution < -0.4 is 4.90 Å². The minimum Gasteiger partial charge on any atom is -0.368 e. The lowest BCUT2D eigenvalue weighted by Gasteiger charge is -2.40. The van der Waals surface area contributed by atoms with Gasteiger partial charge in [0.1, 0.15) is 6.07 Å². The molecule has 142 valence electrons. The fourth-order valence-corrected chi connectivity index (χ4v) is 5.11. The van der Waals surface area contributed by atoms with Crippen LogP contribution in [0.4, 0.5) is 5.69 Å². The number of hydrogen-bond donors (Lipinski definition) is 0. The van der Waals surface area contributed by atoms with Gasteiger partial charge >= 0.3 is 0 Å². The number of likely N-dealkylation sites (N-methyl/N-ethyl adjacent to an activating group) is 1. The first-order valence-electron chi connectivity index (χ1n) is 8.90. The van der Waals surface area contributed by atoms with Crippen LogP contribution >= 0.6 is 0 Å². The highest BCUT2D eigenvalue weighted by Gasteiger charge is 2.34. The van der Waals surface area contributed by atoms with Crippen LogP contribution in [0.5, 0.6) is 0 Å². The first-order valence-corrected chi connectivity index (χ1v) is 10.3. The summed E-state index contributed by atoms with van der Waals surface area (Å²) in [6.45, 7) is 8.37. The van der Waals surface area contributed by atoms with Crippen LogP contribution in [-0.2, 0) is 10.2 Å². The largest absolute Gasteiger partial charge is 0.368 e. The van der Waals surface area contributed by atoms with E-state index in [-0.39, 0.29) is 0 Å². The Labute approximate surface area is 155 Å². The molecule has 1 aromatic heterocycles. The Bertz CT molecular complexity index is 803. The maximum absolute atomic E-state index is 12.9. The second kappa shape index (κ2) is 7.48. The van der Waals surface area contributed by atoms with Crippen LogP contribution in [0.2, 0.25) is 0 Å². The first kappa shape index (κ1) is 19.0. The van der Waals surface area contributed by atoms with E-state index in [0.717, 1.165) is 30.2 Å². The third-order valence-corrected chi connectivity index (χ3v) is 7.15. The number of anilines is 1. The van der Waals surface area contributed by atoms with Gasteiger partial charge in [0.25, 0.3) is 10.2 Å². The number of piperazine rings is 2. The van der Waals surface area contributed by atoms with Gasteiger partial charge in [-0.15, -0.1) is 0 Å². The van der Waals surface area contributed by atoms with Gasteiger partial charge in [0.05, 0.1) is 16.9 Å². The number of rotatable bonds is 3. The predicted octanol–water partition coefficient (Wildman–Crippen LogP) is 0.184. The van der Waals surface area contributed by atoms with E-state index in [0.29, 0.717) is 44.8 Å². The standard InChI is InChI=1S/C17H26N6O2S/c1-14-12-17(16(13-18)15(2)19-14)21-6-10-23(11-7-21)26(24,25)22-8-4-20(3)5-9-22/h12H,4-11H2,1-3H3. The van der Waals surface area contributed by atoms with E-state index < -0.39 is 10.2 Å². The van der Waals surface area contributed by atoms with Gasteiger partial charge in [-0.25, -0.2) is 0 Å². The van der Waals surface area contributed by atoms with Crippen LogP contribution in [0.25, 0.3) is 0 Å². The quantitative estimate of drug-likeness (QED) is 0.746. The molecule has 0 atom stereocenters. The topological polar surface area (TPSA) is 83.8 Å². The molecule has 0 N–H and O–H groups in total. The summed E-state index contributed by atoms with van der Waals surface area (Å²) < 4.78 is 28.9. The van der Waals surface area contributed by atoms with Crippen molar-refractivity contribution in [3.63, 3.8) is 0 Å². The summed E-state index contributed by atoms with van der Waals surface area (Å²) in [6, 6.07) is 4.15. The maximum atomic E-state index is 12.9. The summed E-state index contributed by atoms with van der Waals surface area (Å²) in [4.78, 5) is 8.59. The maximum Gasteiger partial charge on any atom is 0.282 e. The van der Waals surface area contributed by atoms with Crippen molar-refractivity contribution in [1.29, 1.82) is 5.26 Å². The summed E-state index contributed by atoms with van der Waals surface area (Å²) in [5, 5.41) is 9.46. The number of aromatic nitrogens is 1. The van der Waals surface area contributed by atoms with Crippen molar-refractivity contribution in [2.24, 2.45) is 0 Å². The Morgan fingerprint density at radius 1 is 1.00 bits per heavy atom. The van der Waals surface area contributed by atoms with Gasteiger partial charge in [0.2, 0.25) is 0 Å². The van der Waals surface area contributed by atoms with Crippen molar-refractivity contribution >= 4 is 15.9 Å². The van der Waals surface area contributed by atoms with Crippen molar-refractivity contribution in [2.45, 2.75) is 13.8 Å². The summed E-state index contributed by atoms with van der Waals surface area (Å²) >= 11 is 0. The van der Waals surface area contributed by atoms with E-state index >= 15 is 0 Å². The number of pyridine rings is 1. The number of aryl methyl sites for hydroxylation is 2. The number of nitrogens with zero attached hydrogens (tertiary/aromatic N) is 6. The molecular weight excluding hydrogens is 352 g/mol. The fourth-order valence-electron chi connectivity index (χ4n) is 3.54. The molecule has 0 unspecified atom stereocenters. The van der Waals surface area contributed by atoms with E-state index in [4.69, 9.17) is 0 Å². The molecule has 3 heterocycles. The zero-order valence-electron chi connectivity index (χ0n) is 15.6. The number of hydrogen-bond acceptors (Lipinski definition) is 6. The average molecular weight is 379 g/mol. The molecule has 2 fully saturated rings. The van der Waals surface area contributed by atoms with Gasteiger partial charge in [0, 0.05) is 58.1 Å². The van der Waals surface area contributed by atoms with E-state index in [9.17, 15) is 13.7 Å². The van der Waals surface area contributed by atoms with Gasteiger partial charge in [0.15, 0.2) is 0 Å². The minimum atomic E-state index is -3.41. The molecule has 3 rings (SSSR count). The third-order valence-electron chi connectivity index (χ3n) is 5.11. The summed E-state index contributed by atoms with van der Waals surface area (Å²) in [5.74, 6) is 0. The highest BCUT2D eigenvalue weighted by atomic mass is 32.2. The predicted molar refractivity (Wildman–Crippen MR) is 100 cm³/mol. The van der Waals surface area contributed by atoms with Crippen molar-refractivity contribution in [2.75, 3.05) is 64.3 Å². The Hall–Kier alpha value is -1.73. The molecule has 9 heteroatoms. The molecule has 2 saturated heterocycles. The summed E-state index contributed by atoms with van der Waals surface area (Å²) in [7, 11) is -1.40. The van der Waals surface area contributed by atoms with Crippen LogP contribution in [0.1, 0.15) is 17.0 Å². The Kier molecular flexibility index (Phi) is 5.48. The van der Waals surface area contributed by atoms with Crippen molar-refractivity contribution in [3.05, 3.63) is 23.0 Å². The smallest absolute Gasteiger partial charge is 0.282 e. The third kappa shape index (κ3) is 3.69. The van der Waals surface area contributed by atoms with Crippen molar-refractivity contribution in [1.82, 2.24) is 18.5 Å². The second-order valence-electron chi connectivity index (χ2n) is 6.95. The zero-order valence-corrected chi connectivity index (χ0v) is 16.5. The Balaban J connectivity index is 1.71. The molecule has 1 aromatic rings. The summed E-state index contributed by atoms with van der Waals surface area (Å²) in [5.41, 5.74) is 3.01. The molecule has 2 aliphatic rings.